The maximum atomic E-state index is 12.4. The Balaban J connectivity index is 3.07. The van der Waals surface area contributed by atoms with Crippen LogP contribution < -0.4 is 0 Å². The zero-order valence-electron chi connectivity index (χ0n) is 20.7. The topological polar surface area (TPSA) is 97.4 Å². The summed E-state index contributed by atoms with van der Waals surface area (Å²) in [5.41, 5.74) is 0. The van der Waals surface area contributed by atoms with E-state index >= 15 is 0 Å². The van der Waals surface area contributed by atoms with Crippen molar-refractivity contribution >= 4 is 17.9 Å². The molecule has 1 aliphatic rings. The molecule has 188 valence electrons. The molecule has 1 saturated heterocycles. The summed E-state index contributed by atoms with van der Waals surface area (Å²) in [5, 5.41) is 0. The lowest BCUT2D eigenvalue weighted by Crippen LogP contribution is -2.58. The first-order valence-corrected chi connectivity index (χ1v) is 11.7. The fourth-order valence-electron chi connectivity index (χ4n) is 3.26. The Morgan fingerprint density at radius 2 is 1.42 bits per heavy atom. The van der Waals surface area contributed by atoms with Gasteiger partial charge in [0.15, 0.2) is 24.6 Å². The molecule has 33 heavy (non-hydrogen) atoms. The van der Waals surface area contributed by atoms with Gasteiger partial charge in [-0.15, -0.1) is 6.42 Å². The summed E-state index contributed by atoms with van der Waals surface area (Å²) < 4.78 is 29.1. The second-order valence-electron chi connectivity index (χ2n) is 8.78. The second kappa shape index (κ2) is 14.9. The molecule has 0 aromatic carbocycles. The molecule has 0 aromatic heterocycles. The van der Waals surface area contributed by atoms with Crippen LogP contribution >= 0.6 is 0 Å². The highest BCUT2D eigenvalue weighted by Crippen LogP contribution is 2.26. The molecule has 1 unspecified atom stereocenters. The number of likely N-dealkylation sites (N-methyl/N-ethyl adjacent to an activating group) is 1. The maximum Gasteiger partial charge on any atom is 0.306 e. The number of rotatable bonds is 14. The minimum Gasteiger partial charge on any atom is -0.456 e. The number of carbonyl (C=O) groups excluding carboxylic acids is 3. The molecule has 0 spiro atoms. The van der Waals surface area contributed by atoms with Gasteiger partial charge in [-0.2, -0.15) is 0 Å². The van der Waals surface area contributed by atoms with Crippen LogP contribution in [-0.4, -0.2) is 87.4 Å². The smallest absolute Gasteiger partial charge is 0.306 e. The molecule has 0 saturated carbocycles. The van der Waals surface area contributed by atoms with Crippen molar-refractivity contribution in [3.05, 3.63) is 0 Å². The van der Waals surface area contributed by atoms with Crippen molar-refractivity contribution in [1.29, 1.82) is 0 Å². The van der Waals surface area contributed by atoms with Gasteiger partial charge < -0.3 is 28.2 Å². The Labute approximate surface area is 197 Å². The number of quaternary nitrogens is 1. The van der Waals surface area contributed by atoms with Gasteiger partial charge in [-0.25, -0.2) is 0 Å². The van der Waals surface area contributed by atoms with E-state index in [1.807, 2.05) is 34.9 Å². The van der Waals surface area contributed by atoms with Gasteiger partial charge in [-0.3, -0.25) is 14.4 Å². The standard InChI is InChI=1S/C24H40NO8/c1-7-11-19(26)31-18-17-30-24(29-16-15-25(5,6)14-10-4)23(33-21(28)13-9-3)22(18)32-20(27)12-8-2/h4,18,22-24H,7-9,11-17H2,1-3,5-6H3/q+1/t18-,22-,23+,24?/m0/s1. The summed E-state index contributed by atoms with van der Waals surface area (Å²) in [6, 6.07) is 0. The van der Waals surface area contributed by atoms with Crippen LogP contribution in [0.4, 0.5) is 0 Å². The quantitative estimate of drug-likeness (QED) is 0.165. The van der Waals surface area contributed by atoms with Gasteiger partial charge in [0.25, 0.3) is 0 Å². The molecule has 0 aromatic rings. The average Bonchev–Trinajstić information content (AvgIpc) is 2.72. The Morgan fingerprint density at radius 3 is 1.94 bits per heavy atom. The summed E-state index contributed by atoms with van der Waals surface area (Å²) in [6.45, 7) is 6.91. The van der Waals surface area contributed by atoms with Crippen LogP contribution in [0.25, 0.3) is 0 Å². The third kappa shape index (κ3) is 10.5. The molecule has 9 nitrogen and oxygen atoms in total. The molecule has 4 atom stereocenters. The van der Waals surface area contributed by atoms with Crippen LogP contribution in [0, 0.1) is 12.3 Å². The van der Waals surface area contributed by atoms with Crippen LogP contribution in [0.3, 0.4) is 0 Å². The van der Waals surface area contributed by atoms with Crippen molar-refractivity contribution in [1.82, 2.24) is 0 Å². The number of terminal acetylenes is 1. The number of ether oxygens (including phenoxy) is 5. The largest absolute Gasteiger partial charge is 0.456 e. The van der Waals surface area contributed by atoms with Crippen LogP contribution in [-0.2, 0) is 38.1 Å². The Bertz CT molecular complexity index is 672. The monoisotopic (exact) mass is 470 g/mol. The molecule has 0 radical (unpaired) electrons. The Morgan fingerprint density at radius 1 is 0.909 bits per heavy atom. The molecule has 0 N–H and O–H groups in total. The normalized spacial score (nSPS) is 22.8. The fraction of sp³-hybridized carbons (Fsp3) is 0.792. The Kier molecular flexibility index (Phi) is 13.0. The van der Waals surface area contributed by atoms with Crippen LogP contribution in [0.5, 0.6) is 0 Å². The molecule has 1 fully saturated rings. The number of hydrogen-bond acceptors (Lipinski definition) is 8. The third-order valence-corrected chi connectivity index (χ3v) is 5.06. The Hall–Kier alpha value is -2.15. The van der Waals surface area contributed by atoms with Crippen molar-refractivity contribution in [3.63, 3.8) is 0 Å². The van der Waals surface area contributed by atoms with E-state index in [1.165, 1.54) is 0 Å². The van der Waals surface area contributed by atoms with Crippen LogP contribution in [0.1, 0.15) is 59.3 Å². The lowest BCUT2D eigenvalue weighted by molar-refractivity contribution is -0.883. The highest BCUT2D eigenvalue weighted by Gasteiger charge is 2.48. The van der Waals surface area contributed by atoms with Crippen molar-refractivity contribution in [2.24, 2.45) is 0 Å². The van der Waals surface area contributed by atoms with E-state index in [4.69, 9.17) is 30.1 Å². The zero-order valence-corrected chi connectivity index (χ0v) is 20.7. The number of hydrogen-bond donors (Lipinski definition) is 0. The fourth-order valence-corrected chi connectivity index (χ4v) is 3.26. The molecule has 1 aliphatic heterocycles. The highest BCUT2D eigenvalue weighted by atomic mass is 16.7. The molecule has 0 amide bonds. The number of carbonyl (C=O) groups is 3. The number of nitrogens with zero attached hydrogens (tertiary/aromatic N) is 1. The van der Waals surface area contributed by atoms with E-state index in [-0.39, 0.29) is 32.5 Å². The molecule has 1 rings (SSSR count). The average molecular weight is 471 g/mol. The van der Waals surface area contributed by atoms with Gasteiger partial charge in [0.05, 0.1) is 27.3 Å². The zero-order chi connectivity index (χ0) is 24.9. The third-order valence-electron chi connectivity index (χ3n) is 5.06. The maximum absolute atomic E-state index is 12.4. The molecule has 9 heteroatoms. The highest BCUT2D eigenvalue weighted by molar-refractivity contribution is 5.71. The molecule has 0 bridgehead atoms. The predicted molar refractivity (Wildman–Crippen MR) is 121 cm³/mol. The SMILES string of the molecule is C#CC[N+](C)(C)CCOC1OC[C@H](OC(=O)CCC)[C@H](OC(=O)CCC)[C@H]1OC(=O)CCC. The minimum atomic E-state index is -1.07. The van der Waals surface area contributed by atoms with E-state index in [9.17, 15) is 14.4 Å². The van der Waals surface area contributed by atoms with E-state index in [0.717, 1.165) is 0 Å². The summed E-state index contributed by atoms with van der Waals surface area (Å²) in [4.78, 5) is 36.8. The van der Waals surface area contributed by atoms with Gasteiger partial charge in [-0.05, 0) is 25.2 Å². The van der Waals surface area contributed by atoms with E-state index in [2.05, 4.69) is 5.92 Å². The van der Waals surface area contributed by atoms with Gasteiger partial charge >= 0.3 is 17.9 Å². The molecular formula is C24H40NO8+. The lowest BCUT2D eigenvalue weighted by atomic mass is 10.0. The van der Waals surface area contributed by atoms with Crippen LogP contribution in [0.15, 0.2) is 0 Å². The van der Waals surface area contributed by atoms with Gasteiger partial charge in [0, 0.05) is 19.3 Å². The first-order chi connectivity index (χ1) is 15.7. The first kappa shape index (κ1) is 28.9. The predicted octanol–water partition coefficient (Wildman–Crippen LogP) is 2.20. The summed E-state index contributed by atoms with van der Waals surface area (Å²) in [6.07, 6.45) is 3.82. The molecule has 0 aliphatic carbocycles. The van der Waals surface area contributed by atoms with Crippen molar-refractivity contribution in [2.75, 3.05) is 40.4 Å². The lowest BCUT2D eigenvalue weighted by Gasteiger charge is -2.40. The van der Waals surface area contributed by atoms with Crippen LogP contribution in [0.2, 0.25) is 0 Å². The molecular weight excluding hydrogens is 430 g/mol. The second-order valence-corrected chi connectivity index (χ2v) is 8.78. The van der Waals surface area contributed by atoms with E-state index in [0.29, 0.717) is 36.8 Å². The molecule has 1 heterocycles. The number of esters is 3. The van der Waals surface area contributed by atoms with Crippen molar-refractivity contribution in [3.8, 4) is 12.3 Å². The summed E-state index contributed by atoms with van der Waals surface area (Å²) in [5.74, 6) is 1.25. The van der Waals surface area contributed by atoms with Crippen molar-refractivity contribution < 1.29 is 42.6 Å². The van der Waals surface area contributed by atoms with Gasteiger partial charge in [-0.1, -0.05) is 20.8 Å². The van der Waals surface area contributed by atoms with Gasteiger partial charge in [0.2, 0.25) is 0 Å². The minimum absolute atomic E-state index is 0.0470. The van der Waals surface area contributed by atoms with Crippen molar-refractivity contribution in [2.45, 2.75) is 83.9 Å². The van der Waals surface area contributed by atoms with E-state index in [1.54, 1.807) is 0 Å². The summed E-state index contributed by atoms with van der Waals surface area (Å²) in [7, 11) is 3.95. The summed E-state index contributed by atoms with van der Waals surface area (Å²) >= 11 is 0. The van der Waals surface area contributed by atoms with Gasteiger partial charge in [0.1, 0.15) is 13.1 Å². The first-order valence-electron chi connectivity index (χ1n) is 11.7. The van der Waals surface area contributed by atoms with E-state index < -0.39 is 42.5 Å².